The van der Waals surface area contributed by atoms with Gasteiger partial charge in [-0.1, -0.05) is 165 Å². The van der Waals surface area contributed by atoms with Crippen molar-refractivity contribution in [3.05, 3.63) is 267 Å². The third kappa shape index (κ3) is 17.7. The number of amidine groups is 2. The van der Waals surface area contributed by atoms with Crippen LogP contribution in [-0.2, 0) is 92.4 Å². The predicted octanol–water partition coefficient (Wildman–Crippen LogP) is 14.9. The number of aromatic amines is 1. The molecule has 8 aliphatic heterocycles. The summed E-state index contributed by atoms with van der Waals surface area (Å²) in [6, 6.07) is 63.6. The molecule has 0 radical (unpaired) electrons. The zero-order chi connectivity index (χ0) is 74.7. The Balaban J connectivity index is 0.000000116. The summed E-state index contributed by atoms with van der Waals surface area (Å²) in [5.41, 5.74) is 21.2. The highest BCUT2D eigenvalue weighted by atomic mass is 127. The van der Waals surface area contributed by atoms with Crippen LogP contribution in [0.2, 0.25) is 0 Å². The van der Waals surface area contributed by atoms with Crippen LogP contribution in [0.25, 0.3) is 38.8 Å². The van der Waals surface area contributed by atoms with Crippen LogP contribution in [0.1, 0.15) is 81.0 Å². The Morgan fingerprint density at radius 1 is 0.422 bits per heavy atom. The van der Waals surface area contributed by atoms with E-state index < -0.39 is 20.0 Å². The molecule has 11 heterocycles. The quantitative estimate of drug-likeness (QED) is 0.156. The maximum Gasteiger partial charge on any atom is 0.268 e. The van der Waals surface area contributed by atoms with Crippen molar-refractivity contribution >= 4 is 106 Å². The molecule has 109 heavy (non-hydrogen) atoms. The zero-order valence-corrected chi connectivity index (χ0v) is 67.6. The minimum Gasteiger partial charge on any atom is -0.378 e. The SMILES string of the molecule is C1=C(N2CCOCC2)Cc2ccccc21.CC.CN1CCc2[nH]c3ccccc3c2C1.Cc1ccc(S(=O)(=O)n2c3c(c4ccccc42)CN(C)CC3)cc1.Cc1ccc(S(=O)(=O)n2c3c(c4ccccc42)CNCC3)cc1.I.c1ccc2c(c1)CC(N1CCOCC1)=N2.c1ccc2c(c1)CC(N1CCOCC1)=N2. The van der Waals surface area contributed by atoms with Crippen molar-refractivity contribution in [3.63, 3.8) is 0 Å². The summed E-state index contributed by atoms with van der Waals surface area (Å²) in [6.45, 7) is 24.4. The minimum atomic E-state index is -3.60. The first-order chi connectivity index (χ1) is 52.7. The van der Waals surface area contributed by atoms with Crippen molar-refractivity contribution in [2.24, 2.45) is 9.98 Å². The van der Waals surface area contributed by atoms with E-state index in [9.17, 15) is 16.8 Å². The monoisotopic (exact) mass is 1620 g/mol. The molecule has 11 aromatic rings. The zero-order valence-electron chi connectivity index (χ0n) is 63.6. The first-order valence-corrected chi connectivity index (χ1v) is 41.2. The molecule has 3 saturated heterocycles. The van der Waals surface area contributed by atoms with Crippen molar-refractivity contribution in [1.29, 1.82) is 0 Å². The lowest BCUT2D eigenvalue weighted by molar-refractivity contribution is 0.0534. The second-order valence-corrected chi connectivity index (χ2v) is 32.1. The second kappa shape index (κ2) is 35.9. The van der Waals surface area contributed by atoms with Crippen molar-refractivity contribution in [3.8, 4) is 0 Å². The lowest BCUT2D eigenvalue weighted by Crippen LogP contribution is -2.40. The first-order valence-electron chi connectivity index (χ1n) is 38.3. The Labute approximate surface area is 660 Å². The van der Waals surface area contributed by atoms with E-state index in [1.54, 1.807) is 32.2 Å². The predicted molar refractivity (Wildman–Crippen MR) is 452 cm³/mol. The van der Waals surface area contributed by atoms with Gasteiger partial charge in [-0.25, -0.2) is 34.8 Å². The number of aliphatic imine (C=N–C) groups is 2. The number of halogens is 1. The number of morpholine rings is 3. The van der Waals surface area contributed by atoms with E-state index in [4.69, 9.17) is 14.2 Å². The van der Waals surface area contributed by atoms with Gasteiger partial charge in [-0.15, -0.1) is 24.0 Å². The number of rotatable bonds is 5. The van der Waals surface area contributed by atoms with Crippen LogP contribution < -0.4 is 5.32 Å². The molecule has 20 rings (SSSR count). The van der Waals surface area contributed by atoms with Gasteiger partial charge < -0.3 is 49.0 Å². The van der Waals surface area contributed by atoms with Gasteiger partial charge in [-0.3, -0.25) is 0 Å². The number of benzene rings is 8. The van der Waals surface area contributed by atoms with Crippen LogP contribution in [0.4, 0.5) is 11.4 Å². The second-order valence-electron chi connectivity index (χ2n) is 28.6. The van der Waals surface area contributed by atoms with E-state index in [1.165, 1.54) is 68.3 Å². The molecule has 0 spiro atoms. The van der Waals surface area contributed by atoms with Crippen LogP contribution in [0.5, 0.6) is 0 Å². The molecule has 18 nitrogen and oxygen atoms in total. The van der Waals surface area contributed by atoms with Gasteiger partial charge in [0.1, 0.15) is 11.7 Å². The summed E-state index contributed by atoms with van der Waals surface area (Å²) in [5, 5.41) is 6.79. The van der Waals surface area contributed by atoms with Gasteiger partial charge in [0.25, 0.3) is 20.0 Å². The first kappa shape index (κ1) is 78.4. The van der Waals surface area contributed by atoms with E-state index in [1.807, 2.05) is 113 Å². The number of para-hydroxylation sites is 5. The number of nitrogens with one attached hydrogen (secondary N) is 2. The standard InChI is InChI=1S/C19H20N2O2S.C18H18N2O2S.C13H15NO.2C12H14N2O.C12H14N2.C2H6.HI/c1-14-7-9-15(10-8-14)24(22,23)21-18-6-4-3-5-16(18)17-13-20(2)12-11-19(17)21;1-13-6-8-14(9-7-13)23(21,22)20-17-5-3-2-4-15(17)16-12-19-11-10-18(16)20;1-2-4-12-10-13(9-11(12)3-1)14-5-7-15-8-6-14;2*1-2-4-11-10(3-1)9-12(13-11)14-5-7-15-8-6-14;1-14-7-6-12-10(8-14)9-4-2-3-5-11(9)13-12;1-2;/h3-10H,11-13H2,1-2H3;2-9,19H,10-12H2,1H3;1-4,9H,5-8,10H2;2*1-4H,5-9H2;2-5,13H,6-8H2,1H3;1-2H3;1H. The Hall–Kier alpha value is -8.75. The number of ether oxygens (including phenoxy) is 3. The molecule has 9 aliphatic rings. The van der Waals surface area contributed by atoms with Crippen molar-refractivity contribution in [2.45, 2.75) is 95.6 Å². The molecule has 0 bridgehead atoms. The summed E-state index contributed by atoms with van der Waals surface area (Å²) in [7, 11) is -2.93. The van der Waals surface area contributed by atoms with Gasteiger partial charge in [0, 0.05) is 162 Å². The summed E-state index contributed by atoms with van der Waals surface area (Å²) >= 11 is 0. The molecule has 0 unspecified atom stereocenters. The van der Waals surface area contributed by atoms with Crippen molar-refractivity contribution < 1.29 is 31.0 Å². The molecule has 1 aliphatic carbocycles. The molecule has 0 amide bonds. The number of fused-ring (bicyclic) bond motifs is 12. The number of H-pyrrole nitrogens is 1. The summed E-state index contributed by atoms with van der Waals surface area (Å²) in [5.74, 6) is 2.42. The molecule has 3 fully saturated rings. The van der Waals surface area contributed by atoms with E-state index in [-0.39, 0.29) is 24.0 Å². The average Bonchev–Trinajstić information content (AvgIpc) is 1.58. The molecular weight excluding hydrogens is 1510 g/mol. The molecule has 0 atom stereocenters. The van der Waals surface area contributed by atoms with Gasteiger partial charge >= 0.3 is 0 Å². The number of likely N-dealkylation sites (N-methyl/N-ethyl adjacent to an activating group) is 2. The highest BCUT2D eigenvalue weighted by Gasteiger charge is 2.32. The minimum absolute atomic E-state index is 0. The fourth-order valence-corrected chi connectivity index (χ4v) is 18.8. The third-order valence-electron chi connectivity index (χ3n) is 21.4. The molecule has 21 heteroatoms. The van der Waals surface area contributed by atoms with E-state index >= 15 is 0 Å². The van der Waals surface area contributed by atoms with Gasteiger partial charge in [0.15, 0.2) is 0 Å². The normalized spacial score (nSPS) is 17.1. The average molecular weight is 1620 g/mol. The third-order valence-corrected chi connectivity index (χ3v) is 24.9. The van der Waals surface area contributed by atoms with E-state index in [2.05, 4.69) is 150 Å². The van der Waals surface area contributed by atoms with Crippen LogP contribution in [0.3, 0.4) is 0 Å². The molecule has 8 aromatic carbocycles. The largest absolute Gasteiger partial charge is 0.378 e. The molecule has 2 N–H and O–H groups in total. The molecule has 3 aromatic heterocycles. The van der Waals surface area contributed by atoms with E-state index in [0.717, 1.165) is 210 Å². The molecule has 0 saturated carbocycles. The number of nitrogens with zero attached hydrogens (tertiary/aromatic N) is 9. The van der Waals surface area contributed by atoms with Crippen LogP contribution >= 0.6 is 24.0 Å². The Kier molecular flexibility index (Phi) is 25.8. The fourth-order valence-electron chi connectivity index (χ4n) is 15.6. The Morgan fingerprint density at radius 2 is 0.853 bits per heavy atom. The van der Waals surface area contributed by atoms with Crippen LogP contribution in [-0.4, -0.2) is 179 Å². The topological polar surface area (TPSA) is 175 Å². The Morgan fingerprint density at radius 3 is 1.38 bits per heavy atom. The van der Waals surface area contributed by atoms with Gasteiger partial charge in [-0.2, -0.15) is 0 Å². The number of hydrogen-bond acceptors (Lipinski definition) is 15. The van der Waals surface area contributed by atoms with Gasteiger partial charge in [0.2, 0.25) is 0 Å². The number of hydrogen-bond donors (Lipinski definition) is 2. The maximum absolute atomic E-state index is 13.3. The summed E-state index contributed by atoms with van der Waals surface area (Å²) in [4.78, 5) is 25.2. The summed E-state index contributed by atoms with van der Waals surface area (Å²) < 4.78 is 72.3. The van der Waals surface area contributed by atoms with Crippen molar-refractivity contribution in [2.75, 3.05) is 113 Å². The fraction of sp³-hybridized carbons (Fsp3) is 0.341. The smallest absolute Gasteiger partial charge is 0.268 e. The maximum atomic E-state index is 13.3. The molecular formula is C88H102IN11O7S2. The highest BCUT2D eigenvalue weighted by Crippen LogP contribution is 2.37. The van der Waals surface area contributed by atoms with Gasteiger partial charge in [0.05, 0.1) is 71.8 Å². The number of aryl methyl sites for hydroxylation is 2. The lowest BCUT2D eigenvalue weighted by Gasteiger charge is -2.29. The lowest BCUT2D eigenvalue weighted by atomic mass is 10.1. The molecule has 570 valence electrons. The Bertz CT molecular complexity index is 5120. The van der Waals surface area contributed by atoms with E-state index in [0.29, 0.717) is 16.3 Å². The van der Waals surface area contributed by atoms with Crippen molar-refractivity contribution in [1.82, 2.24) is 42.7 Å². The number of aromatic nitrogens is 3. The highest BCUT2D eigenvalue weighted by molar-refractivity contribution is 14.0. The van der Waals surface area contributed by atoms with Crippen LogP contribution in [0.15, 0.2) is 220 Å². The summed E-state index contributed by atoms with van der Waals surface area (Å²) in [6.07, 6.45) is 7.99. The van der Waals surface area contributed by atoms with Crippen LogP contribution in [0, 0.1) is 13.8 Å². The number of allylic oxidation sites excluding steroid dienone is 1. The van der Waals surface area contributed by atoms with Gasteiger partial charge in [-0.05, 0) is 128 Å².